The monoisotopic (exact) mass is 383 g/mol. The van der Waals surface area contributed by atoms with Crippen LogP contribution in [0.2, 0.25) is 5.02 Å². The van der Waals surface area contributed by atoms with Gasteiger partial charge in [-0.3, -0.25) is 20.4 Å². The molecule has 8 heteroatoms. The van der Waals surface area contributed by atoms with Crippen LogP contribution in [0, 0.1) is 12.8 Å². The quantitative estimate of drug-likeness (QED) is 0.550. The molecule has 0 atom stereocenters. The number of amides is 2. The van der Waals surface area contributed by atoms with Crippen molar-refractivity contribution in [1.29, 1.82) is 0 Å². The molecule has 6 nitrogen and oxygen atoms in total. The van der Waals surface area contributed by atoms with Gasteiger partial charge in [-0.1, -0.05) is 30.9 Å². The summed E-state index contributed by atoms with van der Waals surface area (Å²) in [5.41, 5.74) is 5.74. The second kappa shape index (κ2) is 9.58. The molecule has 0 saturated heterocycles. The molecular weight excluding hydrogens is 362 g/mol. The van der Waals surface area contributed by atoms with Gasteiger partial charge in [0.15, 0.2) is 11.7 Å². The van der Waals surface area contributed by atoms with E-state index < -0.39 is 5.91 Å². The number of carbonyl (C=O) groups is 2. The van der Waals surface area contributed by atoms with E-state index in [2.05, 4.69) is 16.2 Å². The average Bonchev–Trinajstić information content (AvgIpc) is 2.60. The lowest BCUT2D eigenvalue weighted by Gasteiger charge is -2.21. The molecule has 0 unspecified atom stereocenters. The highest BCUT2D eigenvalue weighted by Crippen LogP contribution is 2.23. The van der Waals surface area contributed by atoms with Gasteiger partial charge >= 0.3 is 0 Å². The fourth-order valence-corrected chi connectivity index (χ4v) is 3.07. The first-order valence-corrected chi connectivity index (χ1v) is 9.03. The van der Waals surface area contributed by atoms with E-state index in [1.807, 2.05) is 6.92 Å². The van der Waals surface area contributed by atoms with E-state index in [1.165, 1.54) is 6.42 Å². The number of hydrogen-bond donors (Lipinski definition) is 3. The molecule has 1 aliphatic rings. The summed E-state index contributed by atoms with van der Waals surface area (Å²) in [5, 5.41) is 3.29. The summed E-state index contributed by atoms with van der Waals surface area (Å²) in [4.78, 5) is 23.8. The molecule has 1 saturated carbocycles. The molecule has 25 heavy (non-hydrogen) atoms. The number of thiocarbonyl (C=S) groups is 1. The summed E-state index contributed by atoms with van der Waals surface area (Å²) in [6.45, 7) is 1.65. The Labute approximate surface area is 157 Å². The SMILES string of the molecule is Cc1cc(Cl)ccc1OCC(=O)NNC(=S)NC(=O)C1CCCCC1. The average molecular weight is 384 g/mol. The first kappa shape index (κ1) is 19.5. The summed E-state index contributed by atoms with van der Waals surface area (Å²) >= 11 is 10.9. The van der Waals surface area contributed by atoms with Crippen molar-refractivity contribution in [2.75, 3.05) is 6.61 Å². The zero-order valence-electron chi connectivity index (χ0n) is 14.1. The highest BCUT2D eigenvalue weighted by molar-refractivity contribution is 7.80. The zero-order chi connectivity index (χ0) is 18.2. The van der Waals surface area contributed by atoms with Crippen molar-refractivity contribution in [2.24, 2.45) is 5.92 Å². The maximum atomic E-state index is 12.0. The number of ether oxygens (including phenoxy) is 1. The molecule has 1 aromatic carbocycles. The van der Waals surface area contributed by atoms with Crippen LogP contribution in [-0.2, 0) is 9.59 Å². The molecular formula is C17H22ClN3O3S. The van der Waals surface area contributed by atoms with Gasteiger partial charge in [0.1, 0.15) is 5.75 Å². The molecule has 1 fully saturated rings. The van der Waals surface area contributed by atoms with Crippen molar-refractivity contribution < 1.29 is 14.3 Å². The van der Waals surface area contributed by atoms with Crippen LogP contribution < -0.4 is 20.9 Å². The highest BCUT2D eigenvalue weighted by Gasteiger charge is 2.21. The first-order chi connectivity index (χ1) is 12.0. The van der Waals surface area contributed by atoms with Crippen molar-refractivity contribution in [3.63, 3.8) is 0 Å². The number of hydrazine groups is 1. The molecule has 136 valence electrons. The van der Waals surface area contributed by atoms with Gasteiger partial charge in [-0.25, -0.2) is 0 Å². The Morgan fingerprint density at radius 1 is 1.24 bits per heavy atom. The topological polar surface area (TPSA) is 79.5 Å². The molecule has 1 aromatic rings. The number of aryl methyl sites for hydroxylation is 1. The Morgan fingerprint density at radius 2 is 1.96 bits per heavy atom. The number of rotatable bonds is 4. The van der Waals surface area contributed by atoms with Crippen molar-refractivity contribution in [2.45, 2.75) is 39.0 Å². The second-order valence-electron chi connectivity index (χ2n) is 6.02. The third kappa shape index (κ3) is 6.51. The Bertz CT molecular complexity index is 648. The first-order valence-electron chi connectivity index (χ1n) is 8.24. The largest absolute Gasteiger partial charge is 0.483 e. The van der Waals surface area contributed by atoms with Crippen LogP contribution in [0.1, 0.15) is 37.7 Å². The third-order valence-corrected chi connectivity index (χ3v) is 4.46. The number of carbonyl (C=O) groups excluding carboxylic acids is 2. The van der Waals surface area contributed by atoms with Gasteiger partial charge in [0.2, 0.25) is 5.91 Å². The van der Waals surface area contributed by atoms with E-state index >= 15 is 0 Å². The van der Waals surface area contributed by atoms with Gasteiger partial charge in [0.05, 0.1) is 0 Å². The second-order valence-corrected chi connectivity index (χ2v) is 6.87. The smallest absolute Gasteiger partial charge is 0.276 e. The molecule has 1 aliphatic carbocycles. The molecule has 2 rings (SSSR count). The van der Waals surface area contributed by atoms with Crippen LogP contribution in [0.4, 0.5) is 0 Å². The van der Waals surface area contributed by atoms with Gasteiger partial charge in [-0.15, -0.1) is 0 Å². The minimum absolute atomic E-state index is 0.000384. The van der Waals surface area contributed by atoms with E-state index in [9.17, 15) is 9.59 Å². The van der Waals surface area contributed by atoms with Crippen LogP contribution in [0.3, 0.4) is 0 Å². The minimum atomic E-state index is -0.413. The summed E-state index contributed by atoms with van der Waals surface area (Å²) in [7, 11) is 0. The van der Waals surface area contributed by atoms with E-state index in [0.29, 0.717) is 10.8 Å². The predicted octanol–water partition coefficient (Wildman–Crippen LogP) is 2.63. The molecule has 0 aliphatic heterocycles. The highest BCUT2D eigenvalue weighted by atomic mass is 35.5. The van der Waals surface area contributed by atoms with Crippen molar-refractivity contribution in [3.8, 4) is 5.75 Å². The van der Waals surface area contributed by atoms with Crippen LogP contribution in [0.15, 0.2) is 18.2 Å². The van der Waals surface area contributed by atoms with Gasteiger partial charge in [0, 0.05) is 10.9 Å². The number of halogens is 1. The lowest BCUT2D eigenvalue weighted by molar-refractivity contribution is -0.125. The molecule has 0 spiro atoms. The van der Waals surface area contributed by atoms with Crippen LogP contribution in [0.25, 0.3) is 0 Å². The standard InChI is InChI=1S/C17H22ClN3O3S/c1-11-9-13(18)7-8-14(11)24-10-15(22)20-21-17(25)19-16(23)12-5-3-2-4-6-12/h7-9,12H,2-6,10H2,1H3,(H,20,22)(H2,19,21,23,25). The Hall–Kier alpha value is -1.86. The number of hydrogen-bond acceptors (Lipinski definition) is 4. The van der Waals surface area contributed by atoms with Crippen LogP contribution in [-0.4, -0.2) is 23.5 Å². The van der Waals surface area contributed by atoms with E-state index in [0.717, 1.165) is 31.2 Å². The van der Waals surface area contributed by atoms with Gasteiger partial charge in [0.25, 0.3) is 5.91 Å². The lowest BCUT2D eigenvalue weighted by Crippen LogP contribution is -2.50. The third-order valence-electron chi connectivity index (χ3n) is 4.02. The van der Waals surface area contributed by atoms with Crippen LogP contribution in [0.5, 0.6) is 5.75 Å². The summed E-state index contributed by atoms with van der Waals surface area (Å²) < 4.78 is 5.42. The van der Waals surface area contributed by atoms with Crippen LogP contribution >= 0.6 is 23.8 Å². The predicted molar refractivity (Wildman–Crippen MR) is 100 cm³/mol. The van der Waals surface area contributed by atoms with Gasteiger partial charge < -0.3 is 10.1 Å². The summed E-state index contributed by atoms with van der Waals surface area (Å²) in [6.07, 6.45) is 5.08. The normalized spacial score (nSPS) is 14.5. The Kier molecular flexibility index (Phi) is 7.46. The maximum absolute atomic E-state index is 12.0. The molecule has 0 heterocycles. The molecule has 3 N–H and O–H groups in total. The maximum Gasteiger partial charge on any atom is 0.276 e. The fraction of sp³-hybridized carbons (Fsp3) is 0.471. The van der Waals surface area contributed by atoms with Crippen molar-refractivity contribution >= 4 is 40.7 Å². The molecule has 0 radical (unpaired) electrons. The minimum Gasteiger partial charge on any atom is -0.483 e. The zero-order valence-corrected chi connectivity index (χ0v) is 15.6. The summed E-state index contributed by atoms with van der Waals surface area (Å²) in [6, 6.07) is 5.15. The molecule has 0 bridgehead atoms. The van der Waals surface area contributed by atoms with E-state index in [-0.39, 0.29) is 23.5 Å². The summed E-state index contributed by atoms with van der Waals surface area (Å²) in [5.74, 6) is 0.0660. The number of nitrogens with one attached hydrogen (secondary N) is 3. The van der Waals surface area contributed by atoms with Crippen molar-refractivity contribution in [3.05, 3.63) is 28.8 Å². The lowest BCUT2D eigenvalue weighted by atomic mass is 9.89. The van der Waals surface area contributed by atoms with Gasteiger partial charge in [-0.05, 0) is 55.7 Å². The van der Waals surface area contributed by atoms with E-state index in [4.69, 9.17) is 28.6 Å². The van der Waals surface area contributed by atoms with Gasteiger partial charge in [-0.2, -0.15) is 0 Å². The molecule has 0 aromatic heterocycles. The fourth-order valence-electron chi connectivity index (χ4n) is 2.69. The Balaban J connectivity index is 1.68. The van der Waals surface area contributed by atoms with Crippen molar-refractivity contribution in [1.82, 2.24) is 16.2 Å². The molecule has 2 amide bonds. The number of benzene rings is 1. The Morgan fingerprint density at radius 3 is 2.64 bits per heavy atom. The van der Waals surface area contributed by atoms with E-state index in [1.54, 1.807) is 18.2 Å².